The van der Waals surface area contributed by atoms with Crippen LogP contribution in [0.1, 0.15) is 31.2 Å². The number of methoxy groups -OCH3 is 2. The quantitative estimate of drug-likeness (QED) is 0.853. The summed E-state index contributed by atoms with van der Waals surface area (Å²) in [6.07, 6.45) is 5.05. The van der Waals surface area contributed by atoms with Gasteiger partial charge in [0, 0.05) is 19.6 Å². The number of hydrogen-bond acceptors (Lipinski definition) is 4. The number of rotatable bonds is 4. The van der Waals surface area contributed by atoms with Crippen LogP contribution in [0.3, 0.4) is 0 Å². The molecule has 116 valence electrons. The van der Waals surface area contributed by atoms with E-state index >= 15 is 0 Å². The second-order valence-electron chi connectivity index (χ2n) is 6.14. The number of benzene rings is 1. The molecule has 0 N–H and O–H groups in total. The van der Waals surface area contributed by atoms with Gasteiger partial charge in [0.05, 0.1) is 26.4 Å². The van der Waals surface area contributed by atoms with Gasteiger partial charge in [-0.2, -0.15) is 0 Å². The summed E-state index contributed by atoms with van der Waals surface area (Å²) < 4.78 is 16.8. The summed E-state index contributed by atoms with van der Waals surface area (Å²) in [6.45, 7) is 3.87. The van der Waals surface area contributed by atoms with Crippen molar-refractivity contribution >= 4 is 0 Å². The molecular weight excluding hydrogens is 266 g/mol. The van der Waals surface area contributed by atoms with Crippen LogP contribution in [0.4, 0.5) is 0 Å². The van der Waals surface area contributed by atoms with Crippen molar-refractivity contribution in [3.63, 3.8) is 0 Å². The third-order valence-corrected chi connectivity index (χ3v) is 4.70. The fourth-order valence-electron chi connectivity index (χ4n) is 3.62. The molecule has 0 radical (unpaired) electrons. The second-order valence-corrected chi connectivity index (χ2v) is 6.14. The molecular formula is C17H25NO3. The van der Waals surface area contributed by atoms with Crippen molar-refractivity contribution in [3.8, 4) is 11.5 Å². The van der Waals surface area contributed by atoms with Crippen LogP contribution in [0.2, 0.25) is 0 Å². The Balaban J connectivity index is 1.68. The first-order valence-corrected chi connectivity index (χ1v) is 7.82. The van der Waals surface area contributed by atoms with Crippen molar-refractivity contribution < 1.29 is 14.2 Å². The lowest BCUT2D eigenvalue weighted by Crippen LogP contribution is -2.49. The lowest BCUT2D eigenvalue weighted by atomic mass is 9.99. The summed E-state index contributed by atoms with van der Waals surface area (Å²) in [5.41, 5.74) is 1.40. The molecule has 4 heteroatoms. The lowest BCUT2D eigenvalue weighted by molar-refractivity contribution is -0.107. The number of nitrogens with zero attached hydrogens (tertiary/aromatic N) is 1. The molecule has 3 rings (SSSR count). The highest BCUT2D eigenvalue weighted by molar-refractivity contribution is 5.42. The molecule has 1 aromatic carbocycles. The minimum absolute atomic E-state index is 0.134. The molecule has 1 saturated carbocycles. The number of hydrogen-bond donors (Lipinski definition) is 0. The summed E-state index contributed by atoms with van der Waals surface area (Å²) in [7, 11) is 3.35. The molecule has 4 nitrogen and oxygen atoms in total. The fourth-order valence-corrected chi connectivity index (χ4v) is 3.62. The Morgan fingerprint density at radius 3 is 2.62 bits per heavy atom. The highest BCUT2D eigenvalue weighted by Gasteiger charge is 2.39. The highest BCUT2D eigenvalue weighted by atomic mass is 16.5. The van der Waals surface area contributed by atoms with Gasteiger partial charge >= 0.3 is 0 Å². The molecule has 0 aromatic heterocycles. The number of ether oxygens (including phenoxy) is 3. The van der Waals surface area contributed by atoms with Gasteiger partial charge in [-0.1, -0.05) is 18.9 Å². The molecule has 0 atom stereocenters. The molecule has 2 fully saturated rings. The first-order chi connectivity index (χ1) is 10.2. The van der Waals surface area contributed by atoms with Crippen LogP contribution in [-0.4, -0.2) is 44.4 Å². The maximum absolute atomic E-state index is 6.09. The zero-order valence-corrected chi connectivity index (χ0v) is 13.1. The van der Waals surface area contributed by atoms with Crippen LogP contribution < -0.4 is 9.47 Å². The van der Waals surface area contributed by atoms with E-state index in [0.29, 0.717) is 0 Å². The van der Waals surface area contributed by atoms with Crippen molar-refractivity contribution in [1.29, 1.82) is 0 Å². The van der Waals surface area contributed by atoms with Gasteiger partial charge in [-0.3, -0.25) is 4.90 Å². The minimum Gasteiger partial charge on any atom is -0.493 e. The van der Waals surface area contributed by atoms with Gasteiger partial charge in [0.15, 0.2) is 11.5 Å². The number of morpholine rings is 1. The normalized spacial score (nSPS) is 21.6. The van der Waals surface area contributed by atoms with Crippen LogP contribution in [-0.2, 0) is 11.3 Å². The van der Waals surface area contributed by atoms with Crippen molar-refractivity contribution in [1.82, 2.24) is 4.90 Å². The maximum Gasteiger partial charge on any atom is 0.161 e. The average Bonchev–Trinajstić information content (AvgIpc) is 2.95. The monoisotopic (exact) mass is 291 g/mol. The van der Waals surface area contributed by atoms with Crippen molar-refractivity contribution in [2.45, 2.75) is 37.8 Å². The molecule has 1 spiro atoms. The van der Waals surface area contributed by atoms with E-state index in [0.717, 1.165) is 37.7 Å². The molecule has 2 aliphatic rings. The van der Waals surface area contributed by atoms with Crippen LogP contribution in [0.5, 0.6) is 11.5 Å². The summed E-state index contributed by atoms with van der Waals surface area (Å²) in [5, 5.41) is 0. The van der Waals surface area contributed by atoms with Gasteiger partial charge in [-0.25, -0.2) is 0 Å². The Kier molecular flexibility index (Phi) is 4.36. The minimum atomic E-state index is 0.134. The van der Waals surface area contributed by atoms with Crippen molar-refractivity contribution in [2.24, 2.45) is 0 Å². The van der Waals surface area contributed by atoms with Crippen LogP contribution in [0, 0.1) is 0 Å². The van der Waals surface area contributed by atoms with E-state index in [-0.39, 0.29) is 5.60 Å². The van der Waals surface area contributed by atoms with Crippen LogP contribution >= 0.6 is 0 Å². The van der Waals surface area contributed by atoms with E-state index in [2.05, 4.69) is 17.0 Å². The largest absolute Gasteiger partial charge is 0.493 e. The maximum atomic E-state index is 6.09. The van der Waals surface area contributed by atoms with E-state index in [1.165, 1.54) is 31.2 Å². The lowest BCUT2D eigenvalue weighted by Gasteiger charge is -2.40. The SMILES string of the molecule is COc1ccc(CN2CCOC3(CCCC3)C2)cc1OC. The smallest absolute Gasteiger partial charge is 0.161 e. The van der Waals surface area contributed by atoms with Gasteiger partial charge in [0.2, 0.25) is 0 Å². The fraction of sp³-hybridized carbons (Fsp3) is 0.647. The average molecular weight is 291 g/mol. The van der Waals surface area contributed by atoms with E-state index in [1.807, 2.05) is 6.07 Å². The van der Waals surface area contributed by atoms with E-state index in [9.17, 15) is 0 Å². The highest BCUT2D eigenvalue weighted by Crippen LogP contribution is 2.36. The van der Waals surface area contributed by atoms with Gasteiger partial charge in [-0.05, 0) is 30.5 Å². The molecule has 1 heterocycles. The first kappa shape index (κ1) is 14.7. The van der Waals surface area contributed by atoms with Crippen molar-refractivity contribution in [3.05, 3.63) is 23.8 Å². The molecule has 1 aliphatic heterocycles. The van der Waals surface area contributed by atoms with Crippen LogP contribution in [0.25, 0.3) is 0 Å². The Morgan fingerprint density at radius 2 is 1.90 bits per heavy atom. The van der Waals surface area contributed by atoms with Gasteiger partial charge in [0.25, 0.3) is 0 Å². The predicted octanol–water partition coefficient (Wildman–Crippen LogP) is 2.85. The zero-order valence-electron chi connectivity index (χ0n) is 13.1. The summed E-state index contributed by atoms with van der Waals surface area (Å²) in [4.78, 5) is 2.51. The molecule has 1 saturated heterocycles. The van der Waals surface area contributed by atoms with Crippen molar-refractivity contribution in [2.75, 3.05) is 33.9 Å². The predicted molar refractivity (Wildman–Crippen MR) is 82.0 cm³/mol. The summed E-state index contributed by atoms with van der Waals surface area (Å²) in [6, 6.07) is 6.19. The summed E-state index contributed by atoms with van der Waals surface area (Å²) in [5.74, 6) is 1.59. The van der Waals surface area contributed by atoms with Gasteiger partial charge in [-0.15, -0.1) is 0 Å². The Labute approximate surface area is 127 Å². The molecule has 1 aromatic rings. The Morgan fingerprint density at radius 1 is 1.14 bits per heavy atom. The Bertz CT molecular complexity index is 483. The molecule has 1 aliphatic carbocycles. The standard InChI is InChI=1S/C17H25NO3/c1-19-15-6-5-14(11-16(15)20-2)12-18-9-10-21-17(13-18)7-3-4-8-17/h5-6,11H,3-4,7-10,12-13H2,1-2H3. The van der Waals surface area contributed by atoms with E-state index in [4.69, 9.17) is 14.2 Å². The van der Waals surface area contributed by atoms with E-state index < -0.39 is 0 Å². The van der Waals surface area contributed by atoms with Gasteiger partial charge < -0.3 is 14.2 Å². The van der Waals surface area contributed by atoms with Crippen LogP contribution in [0.15, 0.2) is 18.2 Å². The topological polar surface area (TPSA) is 30.9 Å². The van der Waals surface area contributed by atoms with E-state index in [1.54, 1.807) is 14.2 Å². The van der Waals surface area contributed by atoms with Gasteiger partial charge in [0.1, 0.15) is 0 Å². The third kappa shape index (κ3) is 3.16. The third-order valence-electron chi connectivity index (χ3n) is 4.70. The molecule has 21 heavy (non-hydrogen) atoms. The zero-order chi connectivity index (χ0) is 14.7. The first-order valence-electron chi connectivity index (χ1n) is 7.82. The summed E-state index contributed by atoms with van der Waals surface area (Å²) >= 11 is 0. The second kappa shape index (κ2) is 6.24. The Hall–Kier alpha value is -1.26. The molecule has 0 bridgehead atoms. The molecule has 0 unspecified atom stereocenters. The molecule has 0 amide bonds.